The fourth-order valence-corrected chi connectivity index (χ4v) is 0.927. The molecule has 5 N–H and O–H groups in total. The lowest BCUT2D eigenvalue weighted by atomic mass is 10.3. The number of hydrogen-bond donors (Lipinski definition) is 4. The third-order valence-electron chi connectivity index (χ3n) is 1.76. The van der Waals surface area contributed by atoms with Crippen molar-refractivity contribution in [1.29, 1.82) is 0 Å². The van der Waals surface area contributed by atoms with E-state index in [1.54, 1.807) is 0 Å². The lowest BCUT2D eigenvalue weighted by molar-refractivity contribution is -0.140. The van der Waals surface area contributed by atoms with Gasteiger partial charge in [-0.2, -0.15) is 0 Å². The molecule has 1 rings (SSSR count). The number of nitrogens with zero attached hydrogens (tertiary/aromatic N) is 2. The second-order valence-corrected chi connectivity index (χ2v) is 2.90. The van der Waals surface area contributed by atoms with E-state index in [0.717, 1.165) is 0 Å². The third-order valence-corrected chi connectivity index (χ3v) is 1.76. The highest BCUT2D eigenvalue weighted by molar-refractivity contribution is 5.73. The van der Waals surface area contributed by atoms with Crippen LogP contribution in [0.4, 0.5) is 5.95 Å². The van der Waals surface area contributed by atoms with Crippen molar-refractivity contribution in [3.05, 3.63) is 18.0 Å². The Kier molecular flexibility index (Phi) is 3.95. The summed E-state index contributed by atoms with van der Waals surface area (Å²) in [5.74, 6) is -0.940. The number of nitrogen functional groups attached to an aromatic ring is 1. The number of aliphatic hydroxyl groups is 1. The maximum Gasteiger partial charge on any atom is 0.323 e. The van der Waals surface area contributed by atoms with Gasteiger partial charge in [0.2, 0.25) is 5.95 Å². The molecular formula is C8H12N4O3. The Hall–Kier alpha value is -1.73. The summed E-state index contributed by atoms with van der Waals surface area (Å²) >= 11 is 0. The summed E-state index contributed by atoms with van der Waals surface area (Å²) in [4.78, 5) is 18.0. The number of hydrogen-bond acceptors (Lipinski definition) is 6. The zero-order valence-corrected chi connectivity index (χ0v) is 7.92. The zero-order valence-electron chi connectivity index (χ0n) is 7.92. The molecule has 7 heteroatoms. The Morgan fingerprint density at radius 3 is 2.60 bits per heavy atom. The van der Waals surface area contributed by atoms with E-state index in [-0.39, 0.29) is 12.5 Å². The minimum absolute atomic E-state index is 0.163. The van der Waals surface area contributed by atoms with Gasteiger partial charge in [0.05, 0.1) is 6.61 Å². The summed E-state index contributed by atoms with van der Waals surface area (Å²) in [5, 5.41) is 20.0. The largest absolute Gasteiger partial charge is 0.480 e. The van der Waals surface area contributed by atoms with Gasteiger partial charge in [-0.05, 0) is 0 Å². The predicted molar refractivity (Wildman–Crippen MR) is 51.8 cm³/mol. The molecule has 0 bridgehead atoms. The molecule has 0 amide bonds. The maximum atomic E-state index is 10.5. The smallest absolute Gasteiger partial charge is 0.323 e. The Bertz CT molecular complexity index is 327. The van der Waals surface area contributed by atoms with Crippen molar-refractivity contribution in [3.8, 4) is 0 Å². The van der Waals surface area contributed by atoms with E-state index in [4.69, 9.17) is 15.9 Å². The molecule has 0 aromatic carbocycles. The van der Waals surface area contributed by atoms with Gasteiger partial charge in [-0.3, -0.25) is 10.1 Å². The van der Waals surface area contributed by atoms with Gasteiger partial charge in [0.1, 0.15) is 6.04 Å². The molecule has 0 radical (unpaired) electrons. The minimum Gasteiger partial charge on any atom is -0.480 e. The summed E-state index contributed by atoms with van der Waals surface area (Å²) in [7, 11) is 0. The van der Waals surface area contributed by atoms with Gasteiger partial charge < -0.3 is 15.9 Å². The summed E-state index contributed by atoms with van der Waals surface area (Å²) in [6.45, 7) is -0.205. The predicted octanol–water partition coefficient (Wildman–Crippen LogP) is -1.41. The number of nitrogens with one attached hydrogen (secondary N) is 1. The number of aromatic nitrogens is 2. The van der Waals surface area contributed by atoms with Crippen molar-refractivity contribution in [2.24, 2.45) is 0 Å². The van der Waals surface area contributed by atoms with E-state index >= 15 is 0 Å². The first-order chi connectivity index (χ1) is 7.13. The zero-order chi connectivity index (χ0) is 11.3. The quantitative estimate of drug-likeness (QED) is 0.473. The highest BCUT2D eigenvalue weighted by Crippen LogP contribution is 1.97. The number of nitrogens with two attached hydrogens (primary N) is 1. The number of carbonyl (C=O) groups is 1. The first kappa shape index (κ1) is 11.3. The summed E-state index contributed by atoms with van der Waals surface area (Å²) in [5.41, 5.74) is 5.98. The number of carboxylic acid groups (broad SMARTS) is 1. The van der Waals surface area contributed by atoms with Crippen LogP contribution in [-0.2, 0) is 11.3 Å². The fraction of sp³-hybridized carbons (Fsp3) is 0.375. The second-order valence-electron chi connectivity index (χ2n) is 2.90. The van der Waals surface area contributed by atoms with Crippen LogP contribution in [0.2, 0.25) is 0 Å². The number of aliphatic hydroxyl groups excluding tert-OH is 1. The molecular weight excluding hydrogens is 200 g/mol. The molecule has 0 aliphatic carbocycles. The van der Waals surface area contributed by atoms with Crippen LogP contribution in [-0.4, -0.2) is 38.8 Å². The molecule has 1 unspecified atom stereocenters. The van der Waals surface area contributed by atoms with Gasteiger partial charge in [-0.15, -0.1) is 0 Å². The van der Waals surface area contributed by atoms with Crippen LogP contribution >= 0.6 is 0 Å². The van der Waals surface area contributed by atoms with E-state index in [1.807, 2.05) is 0 Å². The number of anilines is 1. The molecule has 0 spiro atoms. The molecule has 82 valence electrons. The molecule has 1 aromatic rings. The van der Waals surface area contributed by atoms with Crippen LogP contribution in [0.15, 0.2) is 12.4 Å². The fourth-order valence-electron chi connectivity index (χ4n) is 0.927. The Labute approximate surface area is 86.0 Å². The summed E-state index contributed by atoms with van der Waals surface area (Å²) < 4.78 is 0. The molecule has 0 saturated carbocycles. The molecule has 15 heavy (non-hydrogen) atoms. The standard InChI is InChI=1S/C8H12N4O3/c9-8-11-2-5(3-12-8)1-10-6(4-13)7(14)15/h2-3,6,10,13H,1,4H2,(H,14,15)(H2,9,11,12). The van der Waals surface area contributed by atoms with Gasteiger partial charge >= 0.3 is 5.97 Å². The first-order valence-electron chi connectivity index (χ1n) is 4.27. The lowest BCUT2D eigenvalue weighted by Crippen LogP contribution is -2.39. The molecule has 0 aliphatic rings. The van der Waals surface area contributed by atoms with Crippen LogP contribution in [0.25, 0.3) is 0 Å². The van der Waals surface area contributed by atoms with Crippen LogP contribution in [0.5, 0.6) is 0 Å². The van der Waals surface area contributed by atoms with Crippen molar-refractivity contribution in [1.82, 2.24) is 15.3 Å². The van der Waals surface area contributed by atoms with E-state index in [9.17, 15) is 4.79 Å². The SMILES string of the molecule is Nc1ncc(CNC(CO)C(=O)O)cn1. The Morgan fingerprint density at radius 2 is 2.13 bits per heavy atom. The third kappa shape index (κ3) is 3.49. The molecule has 1 heterocycles. The molecule has 0 fully saturated rings. The van der Waals surface area contributed by atoms with E-state index in [2.05, 4.69) is 15.3 Å². The first-order valence-corrected chi connectivity index (χ1v) is 4.27. The molecule has 0 aliphatic heterocycles. The maximum absolute atomic E-state index is 10.5. The average molecular weight is 212 g/mol. The van der Waals surface area contributed by atoms with Gasteiger partial charge in [0, 0.05) is 24.5 Å². The number of carboxylic acids is 1. The van der Waals surface area contributed by atoms with Crippen molar-refractivity contribution in [2.75, 3.05) is 12.3 Å². The van der Waals surface area contributed by atoms with Gasteiger partial charge in [-0.1, -0.05) is 0 Å². The summed E-state index contributed by atoms with van der Waals surface area (Å²) in [6, 6.07) is -0.984. The number of rotatable bonds is 5. The highest BCUT2D eigenvalue weighted by atomic mass is 16.4. The van der Waals surface area contributed by atoms with Gasteiger partial charge in [-0.25, -0.2) is 9.97 Å². The lowest BCUT2D eigenvalue weighted by Gasteiger charge is -2.10. The minimum atomic E-state index is -1.10. The van der Waals surface area contributed by atoms with E-state index in [0.29, 0.717) is 5.56 Å². The monoisotopic (exact) mass is 212 g/mol. The van der Waals surface area contributed by atoms with Crippen molar-refractivity contribution in [2.45, 2.75) is 12.6 Å². The molecule has 1 aromatic heterocycles. The normalized spacial score (nSPS) is 12.3. The molecule has 7 nitrogen and oxygen atoms in total. The summed E-state index contributed by atoms with van der Waals surface area (Å²) in [6.07, 6.45) is 2.98. The average Bonchev–Trinajstić information content (AvgIpc) is 2.21. The topological polar surface area (TPSA) is 121 Å². The van der Waals surface area contributed by atoms with E-state index < -0.39 is 18.6 Å². The van der Waals surface area contributed by atoms with Crippen LogP contribution in [0.3, 0.4) is 0 Å². The Balaban J connectivity index is 2.49. The van der Waals surface area contributed by atoms with Crippen LogP contribution < -0.4 is 11.1 Å². The van der Waals surface area contributed by atoms with Crippen LogP contribution in [0.1, 0.15) is 5.56 Å². The van der Waals surface area contributed by atoms with Gasteiger partial charge in [0.25, 0.3) is 0 Å². The molecule has 1 atom stereocenters. The van der Waals surface area contributed by atoms with Crippen molar-refractivity contribution >= 4 is 11.9 Å². The molecule has 0 saturated heterocycles. The second kappa shape index (κ2) is 5.23. The van der Waals surface area contributed by atoms with Crippen molar-refractivity contribution < 1.29 is 15.0 Å². The van der Waals surface area contributed by atoms with Crippen LogP contribution in [0, 0.1) is 0 Å². The van der Waals surface area contributed by atoms with Crippen molar-refractivity contribution in [3.63, 3.8) is 0 Å². The highest BCUT2D eigenvalue weighted by Gasteiger charge is 2.14. The number of aliphatic carboxylic acids is 1. The van der Waals surface area contributed by atoms with Gasteiger partial charge in [0.15, 0.2) is 0 Å². The Morgan fingerprint density at radius 1 is 1.53 bits per heavy atom. The van der Waals surface area contributed by atoms with E-state index in [1.165, 1.54) is 12.4 Å².